The molecule has 2 aromatic heterocycles. The predicted molar refractivity (Wildman–Crippen MR) is 49.3 cm³/mol. The molecule has 0 saturated carbocycles. The number of hydrogen-bond acceptors (Lipinski definition) is 3. The minimum Gasteiger partial charge on any atom is -0.462 e. The van der Waals surface area contributed by atoms with Crippen molar-refractivity contribution < 1.29 is 4.42 Å². The normalized spacial score (nSPS) is 11.1. The maximum absolute atomic E-state index is 5.38. The summed E-state index contributed by atoms with van der Waals surface area (Å²) in [5.74, 6) is 0. The molecule has 3 aromatic rings. The zero-order valence-corrected chi connectivity index (χ0v) is 6.77. The molecule has 0 aliphatic carbocycles. The Morgan fingerprint density at radius 3 is 3.08 bits per heavy atom. The molecule has 0 saturated heterocycles. The average molecular weight is 170 g/mol. The third-order valence-corrected chi connectivity index (χ3v) is 2.06. The van der Waals surface area contributed by atoms with E-state index in [4.69, 9.17) is 4.42 Å². The lowest BCUT2D eigenvalue weighted by molar-refractivity contribution is 0.606. The lowest BCUT2D eigenvalue weighted by Gasteiger charge is -1.95. The van der Waals surface area contributed by atoms with Crippen molar-refractivity contribution in [2.45, 2.75) is 0 Å². The first-order valence-corrected chi connectivity index (χ1v) is 4.02. The van der Waals surface area contributed by atoms with Crippen molar-refractivity contribution in [3.63, 3.8) is 0 Å². The smallest absolute Gasteiger partial charge is 0.161 e. The van der Waals surface area contributed by atoms with Crippen molar-refractivity contribution >= 4 is 22.0 Å². The van der Waals surface area contributed by atoms with Crippen LogP contribution in [0.5, 0.6) is 0 Å². The van der Waals surface area contributed by atoms with E-state index < -0.39 is 0 Å². The van der Waals surface area contributed by atoms with E-state index in [-0.39, 0.29) is 0 Å². The van der Waals surface area contributed by atoms with Crippen LogP contribution in [0.3, 0.4) is 0 Å². The molecule has 1 aromatic carbocycles. The van der Waals surface area contributed by atoms with Gasteiger partial charge < -0.3 is 4.42 Å². The largest absolute Gasteiger partial charge is 0.462 e. The van der Waals surface area contributed by atoms with Gasteiger partial charge in [0, 0.05) is 5.39 Å². The molecule has 0 aliphatic heterocycles. The van der Waals surface area contributed by atoms with Crippen LogP contribution in [-0.4, -0.2) is 9.97 Å². The van der Waals surface area contributed by atoms with Crippen LogP contribution in [-0.2, 0) is 0 Å². The molecule has 0 atom stereocenters. The number of fused-ring (bicyclic) bond motifs is 3. The summed E-state index contributed by atoms with van der Waals surface area (Å²) in [5.41, 5.74) is 2.51. The molecule has 3 rings (SSSR count). The van der Waals surface area contributed by atoms with Crippen molar-refractivity contribution in [1.82, 2.24) is 9.97 Å². The summed E-state index contributed by atoms with van der Waals surface area (Å²) in [7, 11) is 0. The summed E-state index contributed by atoms with van der Waals surface area (Å²) < 4.78 is 5.38. The maximum atomic E-state index is 5.38. The summed E-state index contributed by atoms with van der Waals surface area (Å²) in [4.78, 5) is 8.24. The molecule has 3 nitrogen and oxygen atoms in total. The Labute approximate surface area is 74.0 Å². The highest BCUT2D eigenvalue weighted by molar-refractivity contribution is 5.99. The lowest BCUT2D eigenvalue weighted by Crippen LogP contribution is -1.74. The molecule has 0 N–H and O–H groups in total. The van der Waals surface area contributed by atoms with Crippen LogP contribution in [0.25, 0.3) is 22.0 Å². The van der Waals surface area contributed by atoms with Crippen LogP contribution in [0.1, 0.15) is 0 Å². The molecule has 3 heteroatoms. The van der Waals surface area contributed by atoms with Crippen LogP contribution < -0.4 is 0 Å². The third-order valence-electron chi connectivity index (χ3n) is 2.06. The highest BCUT2D eigenvalue weighted by Crippen LogP contribution is 2.21. The number of nitrogens with zero attached hydrogens (tertiary/aromatic N) is 2. The van der Waals surface area contributed by atoms with E-state index in [1.807, 2.05) is 24.3 Å². The monoisotopic (exact) mass is 170 g/mol. The molecule has 0 amide bonds. The highest BCUT2D eigenvalue weighted by atomic mass is 16.3. The van der Waals surface area contributed by atoms with Crippen molar-refractivity contribution in [2.24, 2.45) is 0 Å². The molecule has 0 fully saturated rings. The van der Waals surface area contributed by atoms with Gasteiger partial charge in [0.25, 0.3) is 0 Å². The fourth-order valence-electron chi connectivity index (χ4n) is 1.46. The van der Waals surface area contributed by atoms with Crippen LogP contribution in [0, 0.1) is 0 Å². The van der Waals surface area contributed by atoms with Gasteiger partial charge >= 0.3 is 0 Å². The van der Waals surface area contributed by atoms with Gasteiger partial charge in [-0.3, -0.25) is 0 Å². The molecular formula is C10H6N2O. The zero-order valence-electron chi connectivity index (χ0n) is 6.77. The van der Waals surface area contributed by atoms with E-state index in [9.17, 15) is 0 Å². The van der Waals surface area contributed by atoms with Gasteiger partial charge in [0.15, 0.2) is 5.58 Å². The SMILES string of the molecule is c1coc2c(c1)ccc1ncnc12. The number of rotatable bonds is 0. The third kappa shape index (κ3) is 0.839. The summed E-state index contributed by atoms with van der Waals surface area (Å²) in [6.07, 6.45) is 3.20. The average Bonchev–Trinajstić information content (AvgIpc) is 2.65. The van der Waals surface area contributed by atoms with Crippen molar-refractivity contribution in [2.75, 3.05) is 0 Å². The van der Waals surface area contributed by atoms with E-state index in [1.54, 1.807) is 12.6 Å². The second-order valence-electron chi connectivity index (χ2n) is 2.84. The molecule has 13 heavy (non-hydrogen) atoms. The molecule has 0 spiro atoms. The predicted octanol–water partition coefficient (Wildman–Crippen LogP) is 2.38. The van der Waals surface area contributed by atoms with E-state index >= 15 is 0 Å². The quantitative estimate of drug-likeness (QED) is 0.520. The van der Waals surface area contributed by atoms with E-state index in [1.165, 1.54) is 0 Å². The Bertz CT molecular complexity index is 571. The van der Waals surface area contributed by atoms with Crippen molar-refractivity contribution in [1.29, 1.82) is 0 Å². The molecular weight excluding hydrogens is 164 g/mol. The first kappa shape index (κ1) is 6.60. The Morgan fingerprint density at radius 1 is 1.08 bits per heavy atom. The molecule has 0 aliphatic rings. The Balaban J connectivity index is 2.65. The van der Waals surface area contributed by atoms with Gasteiger partial charge in [-0.1, -0.05) is 0 Å². The van der Waals surface area contributed by atoms with Gasteiger partial charge in [0.05, 0.1) is 11.8 Å². The standard InChI is InChI=1S/C10H6N2O/c1-2-7-3-4-8-9(12-6-11-8)10(7)13-5-1/h1-6H. The Hall–Kier alpha value is -1.90. The van der Waals surface area contributed by atoms with Gasteiger partial charge in [-0.05, 0) is 24.3 Å². The second kappa shape index (κ2) is 2.29. The molecule has 62 valence electrons. The van der Waals surface area contributed by atoms with E-state index in [2.05, 4.69) is 9.97 Å². The summed E-state index contributed by atoms with van der Waals surface area (Å²) in [5, 5.41) is 1.05. The molecule has 0 unspecified atom stereocenters. The lowest BCUT2D eigenvalue weighted by atomic mass is 10.2. The van der Waals surface area contributed by atoms with Crippen LogP contribution in [0.4, 0.5) is 0 Å². The van der Waals surface area contributed by atoms with Crippen LogP contribution in [0.2, 0.25) is 0 Å². The Kier molecular flexibility index (Phi) is 1.16. The maximum Gasteiger partial charge on any atom is 0.161 e. The first-order valence-electron chi connectivity index (χ1n) is 4.02. The summed E-state index contributed by atoms with van der Waals surface area (Å²) in [6.45, 7) is 0. The summed E-state index contributed by atoms with van der Waals surface area (Å²) in [6, 6.07) is 7.79. The topological polar surface area (TPSA) is 38.9 Å². The second-order valence-corrected chi connectivity index (χ2v) is 2.84. The van der Waals surface area contributed by atoms with Gasteiger partial charge in [-0.15, -0.1) is 0 Å². The number of aromatic nitrogens is 2. The fourth-order valence-corrected chi connectivity index (χ4v) is 1.46. The van der Waals surface area contributed by atoms with Crippen LogP contribution in [0.15, 0.2) is 41.3 Å². The molecule has 2 heterocycles. The fraction of sp³-hybridized carbons (Fsp3) is 0. The van der Waals surface area contributed by atoms with Crippen molar-refractivity contribution in [3.05, 3.63) is 36.9 Å². The highest BCUT2D eigenvalue weighted by Gasteiger charge is 2.03. The molecule has 0 bridgehead atoms. The minimum absolute atomic E-state index is 0.803. The van der Waals surface area contributed by atoms with E-state index in [0.29, 0.717) is 0 Å². The number of hydrogen-bond donors (Lipinski definition) is 0. The van der Waals surface area contributed by atoms with Gasteiger partial charge in [-0.2, -0.15) is 0 Å². The van der Waals surface area contributed by atoms with Gasteiger partial charge in [0.2, 0.25) is 0 Å². The van der Waals surface area contributed by atoms with Crippen LogP contribution >= 0.6 is 0 Å². The molecule has 0 radical (unpaired) electrons. The minimum atomic E-state index is 0.803. The number of benzene rings is 1. The number of imidazole rings is 1. The first-order chi connectivity index (χ1) is 6.45. The van der Waals surface area contributed by atoms with E-state index in [0.717, 1.165) is 22.0 Å². The van der Waals surface area contributed by atoms with Gasteiger partial charge in [-0.25, -0.2) is 9.97 Å². The Morgan fingerprint density at radius 2 is 2.08 bits per heavy atom. The van der Waals surface area contributed by atoms with Crippen molar-refractivity contribution in [3.8, 4) is 0 Å². The summed E-state index contributed by atoms with van der Waals surface area (Å²) >= 11 is 0. The zero-order chi connectivity index (χ0) is 8.67. The van der Waals surface area contributed by atoms with Gasteiger partial charge in [0.1, 0.15) is 11.8 Å².